The molecule has 1 unspecified atom stereocenters. The van der Waals surface area contributed by atoms with Crippen LogP contribution in [0.15, 0.2) is 30.3 Å². The molecule has 1 atom stereocenters. The number of imide groups is 1. The van der Waals surface area contributed by atoms with E-state index in [1.165, 1.54) is 7.11 Å². The molecule has 0 aliphatic carbocycles. The number of nitrogens with one attached hydrogen (secondary N) is 1. The molecule has 0 aromatic heterocycles. The first kappa shape index (κ1) is 33.4. The molecule has 13 heteroatoms. The van der Waals surface area contributed by atoms with E-state index in [4.69, 9.17) is 9.47 Å². The topological polar surface area (TPSA) is 77.1 Å². The molecule has 242 valence electrons. The molecule has 0 bridgehead atoms. The van der Waals surface area contributed by atoms with Crippen LogP contribution in [0.4, 0.5) is 31.1 Å². The highest BCUT2D eigenvalue weighted by molar-refractivity contribution is 6.07. The van der Waals surface area contributed by atoms with Gasteiger partial charge in [0.2, 0.25) is 0 Å². The Morgan fingerprint density at radius 1 is 0.977 bits per heavy atom. The van der Waals surface area contributed by atoms with Gasteiger partial charge >= 0.3 is 18.4 Å². The minimum Gasteiger partial charge on any atom is -0.496 e. The highest BCUT2D eigenvalue weighted by atomic mass is 19.4. The average molecular weight is 631 g/mol. The molecule has 1 N–H and O–H groups in total. The number of halogens is 6. The molecule has 1 saturated heterocycles. The molecule has 2 aliphatic heterocycles. The fourth-order valence-corrected chi connectivity index (χ4v) is 6.02. The van der Waals surface area contributed by atoms with Crippen LogP contribution in [0.5, 0.6) is 11.5 Å². The second-order valence-corrected chi connectivity index (χ2v) is 11.1. The van der Waals surface area contributed by atoms with Crippen LogP contribution in [0.25, 0.3) is 0 Å². The Bertz CT molecular complexity index is 1380. The fourth-order valence-electron chi connectivity index (χ4n) is 6.02. The molecule has 0 saturated carbocycles. The zero-order valence-electron chi connectivity index (χ0n) is 25.0. The van der Waals surface area contributed by atoms with Gasteiger partial charge in [0.1, 0.15) is 17.0 Å². The van der Waals surface area contributed by atoms with E-state index < -0.39 is 47.6 Å². The Balaban J connectivity index is 1.52. The standard InChI is InChI=1S/C31H36F6N2O5/c1-5-11-19-17-23-21(18-44-29(23,30(32,33)34)31(35,36)37)20(12-6-2)25(19)43-16-10-9-15-39-26(40)28(3,38-27(39)41)22-13-7-8-14-24(22)42-4/h7-8,13-14,17H,5-6,9-12,15-16,18H2,1-4H3,(H,38,41). The number of alkyl halides is 6. The summed E-state index contributed by atoms with van der Waals surface area (Å²) in [4.78, 5) is 27.2. The Morgan fingerprint density at radius 2 is 1.64 bits per heavy atom. The summed E-state index contributed by atoms with van der Waals surface area (Å²) in [5.41, 5.74) is -5.75. The Morgan fingerprint density at radius 3 is 2.25 bits per heavy atom. The zero-order valence-corrected chi connectivity index (χ0v) is 25.0. The van der Waals surface area contributed by atoms with Crippen molar-refractivity contribution in [1.29, 1.82) is 0 Å². The number of benzene rings is 2. The number of hydrogen-bond donors (Lipinski definition) is 1. The SMILES string of the molecule is CCCc1cc2c(c(CCC)c1OCCCCN1C(=O)NC(C)(c3ccccc3OC)C1=O)COC2(C(F)(F)F)C(F)(F)F. The van der Waals surface area contributed by atoms with Gasteiger partial charge in [-0.1, -0.05) is 44.9 Å². The molecule has 44 heavy (non-hydrogen) atoms. The quantitative estimate of drug-likeness (QED) is 0.154. The van der Waals surface area contributed by atoms with E-state index in [1.54, 1.807) is 45.0 Å². The van der Waals surface area contributed by atoms with Crippen LogP contribution >= 0.6 is 0 Å². The fraction of sp³-hybridized carbons (Fsp3) is 0.548. The van der Waals surface area contributed by atoms with Gasteiger partial charge in [-0.2, -0.15) is 26.3 Å². The highest BCUT2D eigenvalue weighted by Gasteiger charge is 2.76. The van der Waals surface area contributed by atoms with Crippen molar-refractivity contribution in [2.45, 2.75) is 89.4 Å². The van der Waals surface area contributed by atoms with Crippen LogP contribution in [-0.4, -0.2) is 49.5 Å². The first-order chi connectivity index (χ1) is 20.7. The maximum absolute atomic E-state index is 14.0. The third-order valence-electron chi connectivity index (χ3n) is 8.15. The number of methoxy groups -OCH3 is 1. The Labute approximate surface area is 251 Å². The number of aryl methyl sites for hydroxylation is 1. The van der Waals surface area contributed by atoms with Gasteiger partial charge in [0.25, 0.3) is 11.5 Å². The number of unbranched alkanes of at least 4 members (excludes halogenated alkanes) is 1. The van der Waals surface area contributed by atoms with E-state index >= 15 is 0 Å². The second kappa shape index (κ2) is 12.5. The van der Waals surface area contributed by atoms with Gasteiger partial charge in [-0.3, -0.25) is 9.69 Å². The van der Waals surface area contributed by atoms with E-state index in [1.807, 2.05) is 0 Å². The maximum Gasteiger partial charge on any atom is 0.430 e. The van der Waals surface area contributed by atoms with Crippen molar-refractivity contribution >= 4 is 11.9 Å². The molecule has 0 radical (unpaired) electrons. The van der Waals surface area contributed by atoms with E-state index in [9.17, 15) is 35.9 Å². The number of ether oxygens (including phenoxy) is 3. The van der Waals surface area contributed by atoms with Crippen molar-refractivity contribution in [2.24, 2.45) is 0 Å². The van der Waals surface area contributed by atoms with Crippen LogP contribution in [0.3, 0.4) is 0 Å². The van der Waals surface area contributed by atoms with Crippen molar-refractivity contribution < 1.29 is 50.1 Å². The first-order valence-corrected chi connectivity index (χ1v) is 14.5. The van der Waals surface area contributed by atoms with Crippen molar-refractivity contribution in [3.8, 4) is 11.5 Å². The molecule has 0 spiro atoms. The van der Waals surface area contributed by atoms with Crippen molar-refractivity contribution in [2.75, 3.05) is 20.3 Å². The van der Waals surface area contributed by atoms with Gasteiger partial charge in [0.15, 0.2) is 0 Å². The third-order valence-corrected chi connectivity index (χ3v) is 8.15. The molecule has 1 fully saturated rings. The number of nitrogens with zero attached hydrogens (tertiary/aromatic N) is 1. The molecule has 2 heterocycles. The maximum atomic E-state index is 14.0. The normalized spacial score (nSPS) is 19.7. The molecular formula is C31H36F6N2O5. The summed E-state index contributed by atoms with van der Waals surface area (Å²) in [7, 11) is 1.47. The van der Waals surface area contributed by atoms with E-state index in [-0.39, 0.29) is 48.4 Å². The summed E-state index contributed by atoms with van der Waals surface area (Å²) >= 11 is 0. The van der Waals surface area contributed by atoms with Crippen molar-refractivity contribution in [1.82, 2.24) is 10.2 Å². The van der Waals surface area contributed by atoms with Crippen LogP contribution in [0, 0.1) is 0 Å². The highest BCUT2D eigenvalue weighted by Crippen LogP contribution is 2.58. The van der Waals surface area contributed by atoms with Crippen molar-refractivity contribution in [3.63, 3.8) is 0 Å². The van der Waals surface area contributed by atoms with Crippen LogP contribution in [0.1, 0.15) is 74.3 Å². The van der Waals surface area contributed by atoms with Gasteiger partial charge in [0, 0.05) is 23.2 Å². The minimum atomic E-state index is -5.72. The summed E-state index contributed by atoms with van der Waals surface area (Å²) in [6, 6.07) is 7.25. The third kappa shape index (κ3) is 5.59. The number of rotatable bonds is 12. The molecule has 3 amide bonds. The lowest BCUT2D eigenvalue weighted by Gasteiger charge is -2.34. The molecule has 2 aromatic rings. The molecular weight excluding hydrogens is 594 g/mol. The molecule has 4 rings (SSSR count). The molecule has 2 aromatic carbocycles. The number of urea groups is 1. The predicted octanol–water partition coefficient (Wildman–Crippen LogP) is 7.08. The van der Waals surface area contributed by atoms with Crippen LogP contribution < -0.4 is 14.8 Å². The largest absolute Gasteiger partial charge is 0.496 e. The number of carbonyl (C=O) groups is 2. The van der Waals surface area contributed by atoms with E-state index in [2.05, 4.69) is 10.1 Å². The number of amides is 3. The Kier molecular flexibility index (Phi) is 9.48. The zero-order chi connectivity index (χ0) is 32.5. The number of carbonyl (C=O) groups excluding carboxylic acids is 2. The number of para-hydroxylation sites is 1. The monoisotopic (exact) mass is 630 g/mol. The summed E-state index contributed by atoms with van der Waals surface area (Å²) in [6.45, 7) is 4.46. The second-order valence-electron chi connectivity index (χ2n) is 11.1. The van der Waals surface area contributed by atoms with Crippen LogP contribution in [0.2, 0.25) is 0 Å². The van der Waals surface area contributed by atoms with Gasteiger partial charge < -0.3 is 19.5 Å². The lowest BCUT2D eigenvalue weighted by atomic mass is 9.84. The number of hydrogen-bond acceptors (Lipinski definition) is 5. The summed E-state index contributed by atoms with van der Waals surface area (Å²) in [5, 5.41) is 2.74. The van der Waals surface area contributed by atoms with Gasteiger partial charge in [-0.15, -0.1) is 0 Å². The first-order valence-electron chi connectivity index (χ1n) is 14.5. The van der Waals surface area contributed by atoms with Gasteiger partial charge in [-0.25, -0.2) is 4.79 Å². The van der Waals surface area contributed by atoms with Crippen LogP contribution in [-0.2, 0) is 40.1 Å². The summed E-state index contributed by atoms with van der Waals surface area (Å²) < 4.78 is 100. The van der Waals surface area contributed by atoms with Gasteiger partial charge in [-0.05, 0) is 55.9 Å². The predicted molar refractivity (Wildman–Crippen MR) is 148 cm³/mol. The number of fused-ring (bicyclic) bond motifs is 1. The smallest absolute Gasteiger partial charge is 0.430 e. The van der Waals surface area contributed by atoms with Gasteiger partial charge in [0.05, 0.1) is 20.3 Å². The summed E-state index contributed by atoms with van der Waals surface area (Å²) in [5.74, 6) is 0.280. The molecule has 7 nitrogen and oxygen atoms in total. The minimum absolute atomic E-state index is 0.0736. The molecule has 2 aliphatic rings. The lowest BCUT2D eigenvalue weighted by Crippen LogP contribution is -2.53. The van der Waals surface area contributed by atoms with E-state index in [0.29, 0.717) is 37.0 Å². The van der Waals surface area contributed by atoms with E-state index in [0.717, 1.165) is 11.0 Å². The lowest BCUT2D eigenvalue weighted by molar-refractivity contribution is -0.385. The Hall–Kier alpha value is -3.48. The van der Waals surface area contributed by atoms with Crippen molar-refractivity contribution in [3.05, 3.63) is 58.1 Å². The average Bonchev–Trinajstić information content (AvgIpc) is 3.46. The summed E-state index contributed by atoms with van der Waals surface area (Å²) in [6.07, 6.45) is -9.39.